The molecule has 1 unspecified atom stereocenters. The second-order valence-corrected chi connectivity index (χ2v) is 5.16. The van der Waals surface area contributed by atoms with Crippen molar-refractivity contribution in [2.75, 3.05) is 6.61 Å². The number of nitrogens with zero attached hydrogens (tertiary/aromatic N) is 2. The van der Waals surface area contributed by atoms with E-state index in [1.54, 1.807) is 0 Å². The lowest BCUT2D eigenvalue weighted by molar-refractivity contribution is -0.136. The summed E-state index contributed by atoms with van der Waals surface area (Å²) in [6.07, 6.45) is 4.10. The van der Waals surface area contributed by atoms with Crippen molar-refractivity contribution in [2.45, 2.75) is 51.7 Å². The molecule has 0 amide bonds. The first kappa shape index (κ1) is 12.3. The summed E-state index contributed by atoms with van der Waals surface area (Å²) in [4.78, 5) is 12.1. The number of carbonyl (C=O) groups is 1. The molecule has 2 rings (SSSR count). The van der Waals surface area contributed by atoms with E-state index in [0.29, 0.717) is 19.1 Å². The highest BCUT2D eigenvalue weighted by Crippen LogP contribution is 2.27. The van der Waals surface area contributed by atoms with Crippen LogP contribution in [-0.4, -0.2) is 27.8 Å². The molecule has 4 heteroatoms. The van der Waals surface area contributed by atoms with Gasteiger partial charge in [-0.1, -0.05) is 0 Å². The molecule has 0 aromatic carbocycles. The average Bonchev–Trinajstić information content (AvgIpc) is 2.88. The van der Waals surface area contributed by atoms with Crippen molar-refractivity contribution >= 4 is 5.78 Å². The van der Waals surface area contributed by atoms with Crippen LogP contribution in [0.2, 0.25) is 0 Å². The lowest BCUT2D eigenvalue weighted by atomic mass is 9.94. The number of ether oxygens (including phenoxy) is 1. The molecule has 1 fully saturated rings. The summed E-state index contributed by atoms with van der Waals surface area (Å²) >= 11 is 0. The third-order valence-electron chi connectivity index (χ3n) is 3.34. The van der Waals surface area contributed by atoms with Crippen molar-refractivity contribution in [1.82, 2.24) is 9.78 Å². The van der Waals surface area contributed by atoms with Gasteiger partial charge in [-0.25, -0.2) is 0 Å². The first-order valence-corrected chi connectivity index (χ1v) is 6.22. The van der Waals surface area contributed by atoms with Crippen molar-refractivity contribution in [3.8, 4) is 0 Å². The summed E-state index contributed by atoms with van der Waals surface area (Å²) < 4.78 is 7.42. The van der Waals surface area contributed by atoms with Gasteiger partial charge in [-0.05, 0) is 39.7 Å². The Morgan fingerprint density at radius 1 is 1.65 bits per heavy atom. The van der Waals surface area contributed by atoms with E-state index in [2.05, 4.69) is 18.9 Å². The Hall–Kier alpha value is -1.16. The summed E-state index contributed by atoms with van der Waals surface area (Å²) in [6.45, 7) is 6.73. The highest BCUT2D eigenvalue weighted by atomic mass is 16.5. The van der Waals surface area contributed by atoms with Gasteiger partial charge in [0.1, 0.15) is 5.60 Å². The van der Waals surface area contributed by atoms with Gasteiger partial charge in [0, 0.05) is 18.8 Å². The fourth-order valence-corrected chi connectivity index (χ4v) is 2.11. The summed E-state index contributed by atoms with van der Waals surface area (Å²) in [5.74, 6) is 0.143. The third kappa shape index (κ3) is 2.57. The molecule has 94 valence electrons. The first-order valence-electron chi connectivity index (χ1n) is 6.22. The van der Waals surface area contributed by atoms with Gasteiger partial charge in [-0.3, -0.25) is 9.48 Å². The van der Waals surface area contributed by atoms with Crippen molar-refractivity contribution in [1.29, 1.82) is 0 Å². The molecule has 0 spiro atoms. The van der Waals surface area contributed by atoms with Gasteiger partial charge in [-0.2, -0.15) is 5.10 Å². The Morgan fingerprint density at radius 2 is 2.41 bits per heavy atom. The second-order valence-electron chi connectivity index (χ2n) is 5.16. The van der Waals surface area contributed by atoms with E-state index in [1.807, 2.05) is 23.9 Å². The van der Waals surface area contributed by atoms with Crippen LogP contribution in [0.15, 0.2) is 12.3 Å². The molecule has 1 atom stereocenters. The number of aromatic nitrogens is 2. The van der Waals surface area contributed by atoms with Crippen LogP contribution >= 0.6 is 0 Å². The van der Waals surface area contributed by atoms with Crippen molar-refractivity contribution in [3.05, 3.63) is 18.0 Å². The highest BCUT2D eigenvalue weighted by molar-refractivity contribution is 5.88. The summed E-state index contributed by atoms with van der Waals surface area (Å²) in [6, 6.07) is 2.24. The van der Waals surface area contributed by atoms with E-state index in [0.717, 1.165) is 18.5 Å². The molecule has 1 aliphatic rings. The van der Waals surface area contributed by atoms with E-state index in [-0.39, 0.29) is 5.78 Å². The van der Waals surface area contributed by atoms with Gasteiger partial charge in [0.25, 0.3) is 0 Å². The van der Waals surface area contributed by atoms with Gasteiger partial charge in [0.05, 0.1) is 12.1 Å². The lowest BCUT2D eigenvalue weighted by Crippen LogP contribution is -2.35. The van der Waals surface area contributed by atoms with Crippen molar-refractivity contribution < 1.29 is 9.53 Å². The zero-order chi connectivity index (χ0) is 12.5. The van der Waals surface area contributed by atoms with Crippen LogP contribution in [0.3, 0.4) is 0 Å². The normalized spacial score (nSPS) is 24.5. The van der Waals surface area contributed by atoms with Crippen LogP contribution in [0.1, 0.15) is 45.3 Å². The minimum atomic E-state index is -0.582. The van der Waals surface area contributed by atoms with Crippen molar-refractivity contribution in [3.63, 3.8) is 0 Å². The van der Waals surface area contributed by atoms with E-state index in [1.165, 1.54) is 0 Å². The molecule has 0 radical (unpaired) electrons. The smallest absolute Gasteiger partial charge is 0.170 e. The Balaban J connectivity index is 2.02. The van der Waals surface area contributed by atoms with E-state index in [9.17, 15) is 4.79 Å². The molecular formula is C13H20N2O2. The van der Waals surface area contributed by atoms with E-state index in [4.69, 9.17) is 4.74 Å². The van der Waals surface area contributed by atoms with Gasteiger partial charge < -0.3 is 4.74 Å². The Labute approximate surface area is 102 Å². The molecular weight excluding hydrogens is 216 g/mol. The maximum atomic E-state index is 12.1. The molecule has 2 heterocycles. The monoisotopic (exact) mass is 236 g/mol. The van der Waals surface area contributed by atoms with Crippen LogP contribution in [0.4, 0.5) is 0 Å². The van der Waals surface area contributed by atoms with Crippen LogP contribution in [0.5, 0.6) is 0 Å². The summed E-state index contributed by atoms with van der Waals surface area (Å²) in [5, 5.41) is 4.39. The maximum Gasteiger partial charge on any atom is 0.170 e. The number of hydrogen-bond acceptors (Lipinski definition) is 3. The molecule has 1 aromatic rings. The van der Waals surface area contributed by atoms with Gasteiger partial charge >= 0.3 is 0 Å². The molecule has 1 saturated heterocycles. The Kier molecular flexibility index (Phi) is 3.33. The molecule has 1 aliphatic heterocycles. The van der Waals surface area contributed by atoms with Gasteiger partial charge in [0.15, 0.2) is 5.78 Å². The van der Waals surface area contributed by atoms with Gasteiger partial charge in [0.2, 0.25) is 0 Å². The Bertz CT molecular complexity index is 403. The molecule has 0 aliphatic carbocycles. The molecule has 0 N–H and O–H groups in total. The SMILES string of the molecule is CC(C)n1ccc(CC(=O)C2(C)CCCO2)n1. The predicted octanol–water partition coefficient (Wildman–Crippen LogP) is 2.14. The zero-order valence-corrected chi connectivity index (χ0v) is 10.8. The largest absolute Gasteiger partial charge is 0.367 e. The molecule has 0 bridgehead atoms. The van der Waals surface area contributed by atoms with Crippen molar-refractivity contribution in [2.24, 2.45) is 0 Å². The van der Waals surface area contributed by atoms with Gasteiger partial charge in [-0.15, -0.1) is 0 Å². The highest BCUT2D eigenvalue weighted by Gasteiger charge is 2.37. The molecule has 0 saturated carbocycles. The number of carbonyl (C=O) groups excluding carboxylic acids is 1. The number of Topliss-reactive ketones (excluding diaryl/α,β-unsaturated/α-hetero) is 1. The van der Waals surface area contributed by atoms with Crippen LogP contribution in [0, 0.1) is 0 Å². The topological polar surface area (TPSA) is 44.1 Å². The third-order valence-corrected chi connectivity index (χ3v) is 3.34. The minimum absolute atomic E-state index is 0.143. The maximum absolute atomic E-state index is 12.1. The fourth-order valence-electron chi connectivity index (χ4n) is 2.11. The summed E-state index contributed by atoms with van der Waals surface area (Å²) in [7, 11) is 0. The lowest BCUT2D eigenvalue weighted by Gasteiger charge is -2.20. The quantitative estimate of drug-likeness (QED) is 0.804. The van der Waals surface area contributed by atoms with Crippen LogP contribution < -0.4 is 0 Å². The van der Waals surface area contributed by atoms with E-state index < -0.39 is 5.60 Å². The standard InChI is InChI=1S/C13H20N2O2/c1-10(2)15-7-5-11(14-15)9-12(16)13(3)6-4-8-17-13/h5,7,10H,4,6,8-9H2,1-3H3. The first-order chi connectivity index (χ1) is 8.01. The van der Waals surface area contributed by atoms with E-state index >= 15 is 0 Å². The minimum Gasteiger partial charge on any atom is -0.367 e. The second kappa shape index (κ2) is 4.61. The molecule has 1 aromatic heterocycles. The van der Waals surface area contributed by atoms with Crippen LogP contribution in [-0.2, 0) is 16.0 Å². The average molecular weight is 236 g/mol. The fraction of sp³-hybridized carbons (Fsp3) is 0.692. The number of rotatable bonds is 4. The number of ketones is 1. The van der Waals surface area contributed by atoms with Crippen LogP contribution in [0.25, 0.3) is 0 Å². The number of hydrogen-bond donors (Lipinski definition) is 0. The summed E-state index contributed by atoms with van der Waals surface area (Å²) in [5.41, 5.74) is 0.252. The Morgan fingerprint density at radius 3 is 2.94 bits per heavy atom. The predicted molar refractivity (Wildman–Crippen MR) is 64.9 cm³/mol. The zero-order valence-electron chi connectivity index (χ0n) is 10.8. The molecule has 4 nitrogen and oxygen atoms in total. The molecule has 17 heavy (non-hydrogen) atoms.